The van der Waals surface area contributed by atoms with Gasteiger partial charge in [0.15, 0.2) is 5.76 Å². The first-order valence-electron chi connectivity index (χ1n) is 9.22. The van der Waals surface area contributed by atoms with Gasteiger partial charge >= 0.3 is 0 Å². The van der Waals surface area contributed by atoms with E-state index >= 15 is 0 Å². The second kappa shape index (κ2) is 6.79. The van der Waals surface area contributed by atoms with Crippen molar-refractivity contribution in [2.75, 3.05) is 5.32 Å². The lowest BCUT2D eigenvalue weighted by Crippen LogP contribution is -2.17. The number of fused-ring (bicyclic) bond motifs is 1. The van der Waals surface area contributed by atoms with Gasteiger partial charge in [-0.05, 0) is 42.5 Å². The van der Waals surface area contributed by atoms with Crippen LogP contribution in [0, 0.1) is 0 Å². The molecule has 0 fully saturated rings. The summed E-state index contributed by atoms with van der Waals surface area (Å²) in [5, 5.41) is 12.0. The highest BCUT2D eigenvalue weighted by atomic mass is 16.5. The Labute approximate surface area is 156 Å². The molecule has 0 bridgehead atoms. The number of rotatable bonds is 5. The fraction of sp³-hybridized carbons (Fsp3) is 0.238. The van der Waals surface area contributed by atoms with Gasteiger partial charge in [-0.25, -0.2) is 0 Å². The van der Waals surface area contributed by atoms with Crippen molar-refractivity contribution < 1.29 is 8.94 Å². The molecule has 5 rings (SSSR count). The Hall–Kier alpha value is -3.28. The van der Waals surface area contributed by atoms with Crippen molar-refractivity contribution in [1.29, 1.82) is 0 Å². The van der Waals surface area contributed by atoms with Crippen LogP contribution in [0.25, 0.3) is 11.5 Å². The van der Waals surface area contributed by atoms with Crippen LogP contribution in [0.5, 0.6) is 0 Å². The molecule has 136 valence electrons. The molecule has 1 aromatic carbocycles. The molecule has 0 saturated heterocycles. The predicted molar refractivity (Wildman–Crippen MR) is 101 cm³/mol. The van der Waals surface area contributed by atoms with Gasteiger partial charge in [0, 0.05) is 12.3 Å². The quantitative estimate of drug-likeness (QED) is 0.560. The van der Waals surface area contributed by atoms with Crippen LogP contribution in [-0.2, 0) is 13.0 Å². The second-order valence-corrected chi connectivity index (χ2v) is 6.83. The minimum Gasteiger partial charge on any atom is -0.461 e. The van der Waals surface area contributed by atoms with E-state index in [2.05, 4.69) is 50.7 Å². The summed E-state index contributed by atoms with van der Waals surface area (Å²) in [7, 11) is 0. The van der Waals surface area contributed by atoms with Gasteiger partial charge < -0.3 is 14.3 Å². The Kier molecular flexibility index (Phi) is 4.01. The van der Waals surface area contributed by atoms with Crippen molar-refractivity contribution in [2.24, 2.45) is 0 Å². The number of benzene rings is 1. The third kappa shape index (κ3) is 3.14. The maximum atomic E-state index is 5.33. The highest BCUT2D eigenvalue weighted by molar-refractivity contribution is 5.50. The summed E-state index contributed by atoms with van der Waals surface area (Å²) in [6, 6.07) is 14.5. The second-order valence-electron chi connectivity index (χ2n) is 6.83. The van der Waals surface area contributed by atoms with Crippen molar-refractivity contribution in [3.63, 3.8) is 0 Å². The minimum atomic E-state index is 0.308. The van der Waals surface area contributed by atoms with E-state index in [0.29, 0.717) is 24.1 Å². The monoisotopic (exact) mass is 360 g/mol. The predicted octanol–water partition coefficient (Wildman–Crippen LogP) is 4.67. The Bertz CT molecular complexity index is 1030. The zero-order valence-electron chi connectivity index (χ0n) is 14.8. The summed E-state index contributed by atoms with van der Waals surface area (Å²) in [6.45, 7) is 0.567. The Balaban J connectivity index is 1.28. The normalized spacial score (nSPS) is 16.2. The molecule has 1 unspecified atom stereocenters. The number of hydrogen-bond donors (Lipinski definition) is 1. The van der Waals surface area contributed by atoms with Crippen molar-refractivity contribution in [2.45, 2.75) is 31.8 Å². The average molecular weight is 360 g/mol. The molecular formula is C21H20N4O2. The van der Waals surface area contributed by atoms with Gasteiger partial charge in [0.2, 0.25) is 5.76 Å². The van der Waals surface area contributed by atoms with Gasteiger partial charge in [-0.1, -0.05) is 29.4 Å². The lowest BCUT2D eigenvalue weighted by molar-refractivity contribution is 0.411. The molecule has 6 heteroatoms. The van der Waals surface area contributed by atoms with Gasteiger partial charge in [-0.2, -0.15) is 5.10 Å². The van der Waals surface area contributed by atoms with E-state index in [1.54, 1.807) is 6.26 Å². The molecule has 3 heterocycles. The fourth-order valence-electron chi connectivity index (χ4n) is 3.73. The molecule has 0 spiro atoms. The summed E-state index contributed by atoms with van der Waals surface area (Å²) in [5.74, 6) is 1.31. The topological polar surface area (TPSA) is 69.0 Å². The Morgan fingerprint density at radius 1 is 1.15 bits per heavy atom. The van der Waals surface area contributed by atoms with Crippen LogP contribution < -0.4 is 5.32 Å². The number of aromatic nitrogens is 3. The maximum absolute atomic E-state index is 5.33. The summed E-state index contributed by atoms with van der Waals surface area (Å²) in [5.41, 5.74) is 4.61. The highest BCUT2D eigenvalue weighted by Crippen LogP contribution is 2.32. The number of hydrogen-bond acceptors (Lipinski definition) is 5. The van der Waals surface area contributed by atoms with Gasteiger partial charge in [0.05, 0.1) is 30.7 Å². The number of nitrogens with one attached hydrogen (secondary N) is 1. The zero-order chi connectivity index (χ0) is 18.1. The van der Waals surface area contributed by atoms with E-state index in [4.69, 9.17) is 8.94 Å². The van der Waals surface area contributed by atoms with E-state index in [9.17, 15) is 0 Å². The molecule has 1 N–H and O–H groups in total. The number of aryl methyl sites for hydroxylation is 1. The fourth-order valence-corrected chi connectivity index (χ4v) is 3.73. The number of furan rings is 1. The van der Waals surface area contributed by atoms with Crippen LogP contribution >= 0.6 is 0 Å². The molecule has 1 aliphatic carbocycles. The van der Waals surface area contributed by atoms with Crippen LogP contribution in [0.1, 0.15) is 35.7 Å². The lowest BCUT2D eigenvalue weighted by Gasteiger charge is -2.25. The summed E-state index contributed by atoms with van der Waals surface area (Å²) in [4.78, 5) is 0. The van der Waals surface area contributed by atoms with Gasteiger partial charge in [0.1, 0.15) is 5.69 Å². The van der Waals surface area contributed by atoms with Crippen molar-refractivity contribution in [1.82, 2.24) is 14.9 Å². The summed E-state index contributed by atoms with van der Waals surface area (Å²) < 4.78 is 12.7. The van der Waals surface area contributed by atoms with Crippen LogP contribution in [0.2, 0.25) is 0 Å². The van der Waals surface area contributed by atoms with Gasteiger partial charge in [-0.3, -0.25) is 4.68 Å². The molecular weight excluding hydrogens is 340 g/mol. The Morgan fingerprint density at radius 3 is 3.04 bits per heavy atom. The van der Waals surface area contributed by atoms with Crippen LogP contribution in [0.3, 0.4) is 0 Å². The molecule has 0 aliphatic heterocycles. The minimum absolute atomic E-state index is 0.308. The van der Waals surface area contributed by atoms with Gasteiger partial charge in [0.25, 0.3) is 0 Å². The maximum Gasteiger partial charge on any atom is 0.202 e. The zero-order valence-corrected chi connectivity index (χ0v) is 14.8. The molecule has 0 amide bonds. The first-order valence-corrected chi connectivity index (χ1v) is 9.22. The van der Waals surface area contributed by atoms with E-state index in [-0.39, 0.29) is 0 Å². The van der Waals surface area contributed by atoms with E-state index in [1.807, 2.05) is 24.4 Å². The van der Waals surface area contributed by atoms with E-state index in [0.717, 1.165) is 24.2 Å². The molecule has 0 saturated carbocycles. The molecule has 0 radical (unpaired) electrons. The smallest absolute Gasteiger partial charge is 0.202 e. The van der Waals surface area contributed by atoms with Crippen LogP contribution in [-0.4, -0.2) is 14.9 Å². The van der Waals surface area contributed by atoms with Crippen molar-refractivity contribution in [3.8, 4) is 11.5 Å². The third-order valence-electron chi connectivity index (χ3n) is 5.06. The Morgan fingerprint density at radius 2 is 2.11 bits per heavy atom. The van der Waals surface area contributed by atoms with E-state index in [1.165, 1.54) is 17.5 Å². The molecule has 1 aliphatic rings. The molecule has 6 nitrogen and oxygen atoms in total. The number of nitrogens with zero attached hydrogens (tertiary/aromatic N) is 3. The number of anilines is 1. The van der Waals surface area contributed by atoms with E-state index < -0.39 is 0 Å². The standard InChI is InChI=1S/C21H20N4O2/c1-2-7-18-15(5-1)6-3-8-19(18)25-14-17(13-23-25)22-12-16-11-21(27-24-16)20-9-4-10-26-20/h1-2,4-5,7,9-11,13-14,19,22H,3,6,8,12H2. The SMILES string of the molecule is c1coc(-c2cc(CNc3cnn(C4CCCc5ccccc54)c3)no2)c1. The molecule has 4 aromatic rings. The molecule has 1 atom stereocenters. The van der Waals surface area contributed by atoms with Crippen molar-refractivity contribution >= 4 is 5.69 Å². The van der Waals surface area contributed by atoms with Crippen LogP contribution in [0.15, 0.2) is 70.1 Å². The average Bonchev–Trinajstić information content (AvgIpc) is 3.47. The first-order chi connectivity index (χ1) is 13.4. The third-order valence-corrected chi connectivity index (χ3v) is 5.06. The van der Waals surface area contributed by atoms with Gasteiger partial charge in [-0.15, -0.1) is 0 Å². The van der Waals surface area contributed by atoms with Crippen LogP contribution in [0.4, 0.5) is 5.69 Å². The summed E-state index contributed by atoms with van der Waals surface area (Å²) in [6.07, 6.45) is 9.02. The lowest BCUT2D eigenvalue weighted by atomic mass is 9.88. The largest absolute Gasteiger partial charge is 0.461 e. The molecule has 3 aromatic heterocycles. The van der Waals surface area contributed by atoms with Crippen molar-refractivity contribution in [3.05, 3.63) is 77.9 Å². The summed E-state index contributed by atoms with van der Waals surface area (Å²) >= 11 is 0. The first kappa shape index (κ1) is 15.9. The highest BCUT2D eigenvalue weighted by Gasteiger charge is 2.22. The molecule has 27 heavy (non-hydrogen) atoms.